The maximum Gasteiger partial charge on any atom is 0.256 e. The Morgan fingerprint density at radius 1 is 1.23 bits per heavy atom. The van der Waals surface area contributed by atoms with Gasteiger partial charge in [0, 0.05) is 38.0 Å². The zero-order chi connectivity index (χ0) is 18.7. The lowest BCUT2D eigenvalue weighted by Crippen LogP contribution is -2.38. The number of benzene rings is 1. The van der Waals surface area contributed by atoms with Gasteiger partial charge in [-0.1, -0.05) is 25.3 Å². The van der Waals surface area contributed by atoms with Gasteiger partial charge < -0.3 is 5.32 Å². The van der Waals surface area contributed by atoms with Gasteiger partial charge in [0.1, 0.15) is 0 Å². The molecule has 1 fully saturated rings. The van der Waals surface area contributed by atoms with Crippen molar-refractivity contribution in [3.05, 3.63) is 42.1 Å². The number of hydrogen-bond acceptors (Lipinski definition) is 4. The predicted molar refractivity (Wildman–Crippen MR) is 99.4 cm³/mol. The molecule has 1 saturated carbocycles. The van der Waals surface area contributed by atoms with E-state index in [1.807, 2.05) is 0 Å². The normalized spacial score (nSPS) is 16.0. The number of anilines is 1. The van der Waals surface area contributed by atoms with Crippen LogP contribution in [0.5, 0.6) is 0 Å². The number of aryl methyl sites for hydroxylation is 1. The van der Waals surface area contributed by atoms with E-state index in [0.717, 1.165) is 32.1 Å². The number of amides is 1. The third kappa shape index (κ3) is 3.96. The molecule has 2 aromatic rings. The number of sulfonamides is 1. The second kappa shape index (κ2) is 7.59. The summed E-state index contributed by atoms with van der Waals surface area (Å²) in [5.74, 6) is 0.0335. The Morgan fingerprint density at radius 3 is 2.62 bits per heavy atom. The third-order valence-corrected chi connectivity index (χ3v) is 6.72. The Kier molecular flexibility index (Phi) is 5.43. The van der Waals surface area contributed by atoms with Crippen LogP contribution in [0.2, 0.25) is 0 Å². The fraction of sp³-hybridized carbons (Fsp3) is 0.444. The minimum atomic E-state index is -3.63. The second-order valence-corrected chi connectivity index (χ2v) is 8.67. The summed E-state index contributed by atoms with van der Waals surface area (Å²) < 4.78 is 28.9. The van der Waals surface area contributed by atoms with Crippen molar-refractivity contribution in [1.29, 1.82) is 0 Å². The van der Waals surface area contributed by atoms with E-state index >= 15 is 0 Å². The molecule has 1 N–H and O–H groups in total. The van der Waals surface area contributed by atoms with Crippen LogP contribution < -0.4 is 5.32 Å². The zero-order valence-corrected chi connectivity index (χ0v) is 15.9. The minimum absolute atomic E-state index is 0.0275. The molecule has 1 aromatic heterocycles. The minimum Gasteiger partial charge on any atom is -0.305 e. The molecule has 1 heterocycles. The Labute approximate surface area is 154 Å². The zero-order valence-electron chi connectivity index (χ0n) is 15.1. The standard InChI is InChI=1S/C18H24N4O3S/c1-21-12-11-17(20-21)19-18(23)14-7-6-10-16(13-14)26(24,25)22(2)15-8-4-3-5-9-15/h6-7,10-13,15H,3-5,8-9H2,1-2H3,(H,19,20,23). The molecule has 26 heavy (non-hydrogen) atoms. The fourth-order valence-electron chi connectivity index (χ4n) is 3.28. The van der Waals surface area contributed by atoms with E-state index in [0.29, 0.717) is 5.82 Å². The number of hydrogen-bond donors (Lipinski definition) is 1. The lowest BCUT2D eigenvalue weighted by molar-refractivity contribution is 0.102. The Balaban J connectivity index is 1.80. The summed E-state index contributed by atoms with van der Waals surface area (Å²) in [6.07, 6.45) is 6.75. The van der Waals surface area contributed by atoms with Gasteiger partial charge in [-0.15, -0.1) is 0 Å². The van der Waals surface area contributed by atoms with Crippen LogP contribution in [-0.2, 0) is 17.1 Å². The van der Waals surface area contributed by atoms with Gasteiger partial charge in [-0.3, -0.25) is 9.48 Å². The molecule has 1 amide bonds. The first-order valence-corrected chi connectivity index (χ1v) is 10.2. The SMILES string of the molecule is CN(C1CCCCC1)S(=O)(=O)c1cccc(C(=O)Nc2ccn(C)n2)c1. The molecule has 0 bridgehead atoms. The summed E-state index contributed by atoms with van der Waals surface area (Å²) in [4.78, 5) is 12.5. The Hall–Kier alpha value is -2.19. The summed E-state index contributed by atoms with van der Waals surface area (Å²) in [6, 6.07) is 7.85. The Morgan fingerprint density at radius 2 is 1.96 bits per heavy atom. The monoisotopic (exact) mass is 376 g/mol. The average Bonchev–Trinajstić information content (AvgIpc) is 3.06. The lowest BCUT2D eigenvalue weighted by Gasteiger charge is -2.30. The molecule has 0 atom stereocenters. The van der Waals surface area contributed by atoms with Gasteiger partial charge in [0.15, 0.2) is 5.82 Å². The van der Waals surface area contributed by atoms with Crippen LogP contribution >= 0.6 is 0 Å². The van der Waals surface area contributed by atoms with E-state index in [4.69, 9.17) is 0 Å². The van der Waals surface area contributed by atoms with Crippen LogP contribution in [0.1, 0.15) is 42.5 Å². The van der Waals surface area contributed by atoms with Crippen molar-refractivity contribution in [3.8, 4) is 0 Å². The van der Waals surface area contributed by atoms with Crippen molar-refractivity contribution in [1.82, 2.24) is 14.1 Å². The molecule has 1 aliphatic rings. The highest BCUT2D eigenvalue weighted by Crippen LogP contribution is 2.26. The molecule has 0 spiro atoms. The Bertz CT molecular complexity index is 885. The maximum absolute atomic E-state index is 12.9. The van der Waals surface area contributed by atoms with Crippen molar-refractivity contribution >= 4 is 21.7 Å². The second-order valence-electron chi connectivity index (χ2n) is 6.67. The van der Waals surface area contributed by atoms with Crippen LogP contribution in [0.3, 0.4) is 0 Å². The van der Waals surface area contributed by atoms with Crippen LogP contribution in [-0.4, -0.2) is 41.5 Å². The smallest absolute Gasteiger partial charge is 0.256 e. The van der Waals surface area contributed by atoms with Crippen molar-refractivity contribution < 1.29 is 13.2 Å². The van der Waals surface area contributed by atoms with Gasteiger partial charge in [0.2, 0.25) is 10.0 Å². The predicted octanol–water partition coefficient (Wildman–Crippen LogP) is 2.63. The molecule has 0 radical (unpaired) electrons. The molecular weight excluding hydrogens is 352 g/mol. The molecule has 8 heteroatoms. The van der Waals surface area contributed by atoms with Gasteiger partial charge in [-0.05, 0) is 31.0 Å². The first kappa shape index (κ1) is 18.6. The van der Waals surface area contributed by atoms with Crippen molar-refractivity contribution in [2.75, 3.05) is 12.4 Å². The van der Waals surface area contributed by atoms with Crippen molar-refractivity contribution in [3.63, 3.8) is 0 Å². The molecule has 0 saturated heterocycles. The summed E-state index contributed by atoms with van der Waals surface area (Å²) in [6.45, 7) is 0. The molecule has 7 nitrogen and oxygen atoms in total. The summed E-state index contributed by atoms with van der Waals surface area (Å²) in [7, 11) is -0.245. The lowest BCUT2D eigenvalue weighted by atomic mass is 9.96. The van der Waals surface area contributed by atoms with Crippen LogP contribution in [0.4, 0.5) is 5.82 Å². The summed E-state index contributed by atoms with van der Waals surface area (Å²) in [5, 5.41) is 6.77. The van der Waals surface area contributed by atoms with Crippen LogP contribution in [0, 0.1) is 0 Å². The van der Waals surface area contributed by atoms with E-state index in [-0.39, 0.29) is 22.4 Å². The number of rotatable bonds is 5. The van der Waals surface area contributed by atoms with Gasteiger partial charge >= 0.3 is 0 Å². The molecule has 140 valence electrons. The topological polar surface area (TPSA) is 84.3 Å². The highest BCUT2D eigenvalue weighted by molar-refractivity contribution is 7.89. The summed E-state index contributed by atoms with van der Waals surface area (Å²) >= 11 is 0. The van der Waals surface area contributed by atoms with E-state index < -0.39 is 10.0 Å². The summed E-state index contributed by atoms with van der Waals surface area (Å²) in [5.41, 5.74) is 0.286. The number of carbonyl (C=O) groups excluding carboxylic acids is 1. The highest BCUT2D eigenvalue weighted by atomic mass is 32.2. The fourth-order valence-corrected chi connectivity index (χ4v) is 4.74. The van der Waals surface area contributed by atoms with Gasteiger partial charge in [0.25, 0.3) is 5.91 Å². The largest absolute Gasteiger partial charge is 0.305 e. The van der Waals surface area contributed by atoms with E-state index in [1.54, 1.807) is 43.2 Å². The highest BCUT2D eigenvalue weighted by Gasteiger charge is 2.29. The molecule has 1 aromatic carbocycles. The van der Waals surface area contributed by atoms with E-state index in [2.05, 4.69) is 10.4 Å². The molecule has 0 aliphatic heterocycles. The maximum atomic E-state index is 12.9. The van der Waals surface area contributed by atoms with E-state index in [9.17, 15) is 13.2 Å². The molecule has 3 rings (SSSR count). The number of nitrogens with zero attached hydrogens (tertiary/aromatic N) is 3. The average molecular weight is 376 g/mol. The third-order valence-electron chi connectivity index (χ3n) is 4.82. The van der Waals surface area contributed by atoms with Gasteiger partial charge in [0.05, 0.1) is 4.90 Å². The molecule has 1 aliphatic carbocycles. The van der Waals surface area contributed by atoms with Crippen molar-refractivity contribution in [2.24, 2.45) is 7.05 Å². The van der Waals surface area contributed by atoms with Crippen LogP contribution in [0.15, 0.2) is 41.4 Å². The molecular formula is C18H24N4O3S. The van der Waals surface area contributed by atoms with Gasteiger partial charge in [-0.25, -0.2) is 8.42 Å². The number of nitrogens with one attached hydrogen (secondary N) is 1. The number of aromatic nitrogens is 2. The first-order chi connectivity index (χ1) is 12.4. The first-order valence-electron chi connectivity index (χ1n) is 8.77. The quantitative estimate of drug-likeness (QED) is 0.869. The van der Waals surface area contributed by atoms with Gasteiger partial charge in [-0.2, -0.15) is 9.40 Å². The van der Waals surface area contributed by atoms with Crippen LogP contribution in [0.25, 0.3) is 0 Å². The van der Waals surface area contributed by atoms with E-state index in [1.165, 1.54) is 16.4 Å². The number of carbonyl (C=O) groups is 1. The van der Waals surface area contributed by atoms with Crippen molar-refractivity contribution in [2.45, 2.75) is 43.0 Å². The molecule has 0 unspecified atom stereocenters.